The number of rotatable bonds is 6. The highest BCUT2D eigenvalue weighted by Gasteiger charge is 2.18. The molecule has 0 radical (unpaired) electrons. The van der Waals surface area contributed by atoms with Crippen molar-refractivity contribution < 1.29 is 4.79 Å². The maximum Gasteiger partial charge on any atom is 0.224 e. The summed E-state index contributed by atoms with van der Waals surface area (Å²) in [6.45, 7) is 4.15. The van der Waals surface area contributed by atoms with Crippen molar-refractivity contribution in [2.75, 3.05) is 18.0 Å². The molecule has 4 nitrogen and oxygen atoms in total. The first kappa shape index (κ1) is 20.7. The van der Waals surface area contributed by atoms with Crippen molar-refractivity contribution in [3.63, 3.8) is 0 Å². The summed E-state index contributed by atoms with van der Waals surface area (Å²) in [4.78, 5) is 15.1. The van der Waals surface area contributed by atoms with Crippen molar-refractivity contribution in [1.29, 1.82) is 5.26 Å². The van der Waals surface area contributed by atoms with Crippen LogP contribution >= 0.6 is 0 Å². The fourth-order valence-corrected chi connectivity index (χ4v) is 4.21. The molecule has 1 unspecified atom stereocenters. The quantitative estimate of drug-likeness (QED) is 0.605. The molecule has 1 aliphatic rings. The van der Waals surface area contributed by atoms with Gasteiger partial charge in [0.05, 0.1) is 24.1 Å². The molecular formula is C27H27N3O. The van der Waals surface area contributed by atoms with Crippen LogP contribution < -0.4 is 10.2 Å². The lowest BCUT2D eigenvalue weighted by Gasteiger charge is -2.22. The second-order valence-electron chi connectivity index (χ2n) is 8.10. The molecule has 1 heterocycles. The Hall–Kier alpha value is -3.58. The Kier molecular flexibility index (Phi) is 6.33. The van der Waals surface area contributed by atoms with Crippen LogP contribution in [0.25, 0.3) is 11.1 Å². The molecule has 0 aromatic heterocycles. The van der Waals surface area contributed by atoms with Crippen LogP contribution in [0.4, 0.5) is 5.69 Å². The summed E-state index contributed by atoms with van der Waals surface area (Å²) in [7, 11) is 0. The molecule has 1 fully saturated rings. The highest BCUT2D eigenvalue weighted by Crippen LogP contribution is 2.26. The Morgan fingerprint density at radius 2 is 1.74 bits per heavy atom. The second-order valence-corrected chi connectivity index (χ2v) is 8.10. The normalized spacial score (nSPS) is 14.1. The Bertz CT molecular complexity index is 1090. The number of hydrogen-bond acceptors (Lipinski definition) is 3. The zero-order chi connectivity index (χ0) is 21.6. The summed E-state index contributed by atoms with van der Waals surface area (Å²) >= 11 is 0. The van der Waals surface area contributed by atoms with Gasteiger partial charge in [-0.05, 0) is 60.2 Å². The number of amides is 1. The van der Waals surface area contributed by atoms with E-state index in [-0.39, 0.29) is 11.9 Å². The fraction of sp³-hybridized carbons (Fsp3) is 0.259. The van der Waals surface area contributed by atoms with Gasteiger partial charge in [-0.25, -0.2) is 0 Å². The van der Waals surface area contributed by atoms with Crippen molar-refractivity contribution >= 4 is 11.6 Å². The predicted molar refractivity (Wildman–Crippen MR) is 125 cm³/mol. The molecule has 0 bridgehead atoms. The Morgan fingerprint density at radius 3 is 2.48 bits per heavy atom. The van der Waals surface area contributed by atoms with Gasteiger partial charge in [-0.15, -0.1) is 0 Å². The molecule has 4 rings (SSSR count). The van der Waals surface area contributed by atoms with Gasteiger partial charge in [-0.2, -0.15) is 5.26 Å². The van der Waals surface area contributed by atoms with Crippen molar-refractivity contribution in [2.45, 2.75) is 32.2 Å². The Labute approximate surface area is 184 Å². The predicted octanol–water partition coefficient (Wildman–Crippen LogP) is 5.25. The van der Waals surface area contributed by atoms with Crippen LogP contribution in [0.3, 0.4) is 0 Å². The summed E-state index contributed by atoms with van der Waals surface area (Å²) in [5.74, 6) is 0.0324. The molecule has 1 saturated heterocycles. The number of carbonyl (C=O) groups excluding carboxylic acids is 1. The molecule has 1 N–H and O–H groups in total. The topological polar surface area (TPSA) is 56.1 Å². The van der Waals surface area contributed by atoms with Gasteiger partial charge in [0, 0.05) is 18.8 Å². The first-order chi connectivity index (χ1) is 15.1. The monoisotopic (exact) mass is 409 g/mol. The van der Waals surface area contributed by atoms with E-state index in [1.165, 1.54) is 18.5 Å². The third-order valence-corrected chi connectivity index (χ3v) is 5.90. The van der Waals surface area contributed by atoms with Crippen LogP contribution in [-0.2, 0) is 11.2 Å². The van der Waals surface area contributed by atoms with E-state index in [0.717, 1.165) is 35.3 Å². The summed E-state index contributed by atoms with van der Waals surface area (Å²) in [5, 5.41) is 12.2. The van der Waals surface area contributed by atoms with Crippen LogP contribution in [0.1, 0.15) is 42.5 Å². The van der Waals surface area contributed by atoms with Gasteiger partial charge < -0.3 is 10.2 Å². The van der Waals surface area contributed by atoms with Crippen molar-refractivity contribution in [2.24, 2.45) is 0 Å². The smallest absolute Gasteiger partial charge is 0.224 e. The average molecular weight is 410 g/mol. The number of nitrogens with one attached hydrogen (secondary N) is 1. The highest BCUT2D eigenvalue weighted by molar-refractivity contribution is 5.81. The number of nitriles is 1. The van der Waals surface area contributed by atoms with Crippen LogP contribution in [-0.4, -0.2) is 19.0 Å². The number of benzene rings is 3. The highest BCUT2D eigenvalue weighted by atomic mass is 16.1. The molecular weight excluding hydrogens is 382 g/mol. The van der Waals surface area contributed by atoms with Crippen LogP contribution in [0, 0.1) is 11.3 Å². The second kappa shape index (κ2) is 9.49. The van der Waals surface area contributed by atoms with Crippen LogP contribution in [0.5, 0.6) is 0 Å². The van der Waals surface area contributed by atoms with Gasteiger partial charge in [-0.3, -0.25) is 4.79 Å². The number of para-hydroxylation sites is 1. The van der Waals surface area contributed by atoms with E-state index in [1.54, 1.807) is 6.07 Å². The third-order valence-electron chi connectivity index (χ3n) is 5.90. The lowest BCUT2D eigenvalue weighted by Crippen LogP contribution is -2.29. The number of anilines is 1. The molecule has 1 aliphatic heterocycles. The summed E-state index contributed by atoms with van der Waals surface area (Å²) < 4.78 is 0. The average Bonchev–Trinajstić information content (AvgIpc) is 3.34. The minimum Gasteiger partial charge on any atom is -0.371 e. The van der Waals surface area contributed by atoms with Gasteiger partial charge >= 0.3 is 0 Å². The molecule has 0 aliphatic carbocycles. The standard InChI is InChI=1S/C27H27N3O/c1-20(22-11-13-23(14-12-22)24-9-6-7-21(17-24)19-28)29-27(31)18-25-8-2-3-10-26(25)30-15-4-5-16-30/h2-3,6-14,17,20H,4-5,15-16,18H2,1H3,(H,29,31). The minimum absolute atomic E-state index is 0.0324. The fourth-order valence-electron chi connectivity index (χ4n) is 4.21. The first-order valence-electron chi connectivity index (χ1n) is 10.9. The van der Waals surface area contributed by atoms with Gasteiger partial charge in [-0.1, -0.05) is 54.6 Å². The molecule has 156 valence electrons. The summed E-state index contributed by atoms with van der Waals surface area (Å²) in [5.41, 5.74) is 6.05. The Morgan fingerprint density at radius 1 is 1.00 bits per heavy atom. The van der Waals surface area contributed by atoms with E-state index in [0.29, 0.717) is 12.0 Å². The minimum atomic E-state index is -0.0778. The van der Waals surface area contributed by atoms with Crippen LogP contribution in [0.2, 0.25) is 0 Å². The van der Waals surface area contributed by atoms with Gasteiger partial charge in [0.1, 0.15) is 0 Å². The summed E-state index contributed by atoms with van der Waals surface area (Å²) in [6.07, 6.45) is 2.82. The number of hydrogen-bond donors (Lipinski definition) is 1. The van der Waals surface area contributed by atoms with E-state index in [1.807, 2.05) is 61.5 Å². The van der Waals surface area contributed by atoms with E-state index in [2.05, 4.69) is 28.4 Å². The van der Waals surface area contributed by atoms with Crippen molar-refractivity contribution in [3.8, 4) is 17.2 Å². The van der Waals surface area contributed by atoms with Gasteiger partial charge in [0.15, 0.2) is 0 Å². The lowest BCUT2D eigenvalue weighted by atomic mass is 10.00. The van der Waals surface area contributed by atoms with Gasteiger partial charge in [0.25, 0.3) is 0 Å². The number of carbonyl (C=O) groups is 1. The van der Waals surface area contributed by atoms with Crippen molar-refractivity contribution in [3.05, 3.63) is 89.5 Å². The van der Waals surface area contributed by atoms with E-state index >= 15 is 0 Å². The lowest BCUT2D eigenvalue weighted by molar-refractivity contribution is -0.121. The van der Waals surface area contributed by atoms with Gasteiger partial charge in [0.2, 0.25) is 5.91 Å². The van der Waals surface area contributed by atoms with E-state index in [4.69, 9.17) is 5.26 Å². The largest absolute Gasteiger partial charge is 0.371 e. The van der Waals surface area contributed by atoms with E-state index in [9.17, 15) is 4.79 Å². The van der Waals surface area contributed by atoms with Crippen molar-refractivity contribution in [1.82, 2.24) is 5.32 Å². The molecule has 0 spiro atoms. The number of nitrogens with zero attached hydrogens (tertiary/aromatic N) is 2. The molecule has 0 saturated carbocycles. The molecule has 3 aromatic carbocycles. The Balaban J connectivity index is 1.41. The molecule has 3 aromatic rings. The first-order valence-corrected chi connectivity index (χ1v) is 10.9. The molecule has 1 amide bonds. The maximum absolute atomic E-state index is 12.8. The molecule has 31 heavy (non-hydrogen) atoms. The molecule has 4 heteroatoms. The van der Waals surface area contributed by atoms with E-state index < -0.39 is 0 Å². The SMILES string of the molecule is CC(NC(=O)Cc1ccccc1N1CCCC1)c1ccc(-c2cccc(C#N)c2)cc1. The maximum atomic E-state index is 12.8. The zero-order valence-corrected chi connectivity index (χ0v) is 17.8. The third kappa shape index (κ3) is 4.95. The molecule has 1 atom stereocenters. The van der Waals surface area contributed by atoms with Crippen LogP contribution in [0.15, 0.2) is 72.8 Å². The zero-order valence-electron chi connectivity index (χ0n) is 17.8. The summed E-state index contributed by atoms with van der Waals surface area (Å²) in [6, 6.07) is 26.1.